The molecule has 4 aromatic rings. The maximum absolute atomic E-state index is 13.8. The summed E-state index contributed by atoms with van der Waals surface area (Å²) in [4.78, 5) is 10.1. The summed E-state index contributed by atoms with van der Waals surface area (Å²) in [6.07, 6.45) is 5.31. The Labute approximate surface area is 220 Å². The smallest absolute Gasteiger partial charge is 0.123 e. The van der Waals surface area contributed by atoms with E-state index in [1.165, 1.54) is 18.3 Å². The number of pyridine rings is 1. The van der Waals surface area contributed by atoms with Crippen molar-refractivity contribution < 1.29 is 9.23 Å². The zero-order valence-corrected chi connectivity index (χ0v) is 21.3. The molecular weight excluding hydrogens is 492 g/mol. The highest BCUT2D eigenvalue weighted by atomic mass is 35.5. The van der Waals surface area contributed by atoms with E-state index in [0.29, 0.717) is 44.6 Å². The van der Waals surface area contributed by atoms with Crippen molar-refractivity contribution in [3.8, 4) is 6.07 Å². The van der Waals surface area contributed by atoms with Gasteiger partial charge in [-0.2, -0.15) is 5.26 Å². The zero-order valence-electron chi connectivity index (χ0n) is 20.6. The first kappa shape index (κ1) is 25.0. The predicted molar refractivity (Wildman–Crippen MR) is 141 cm³/mol. The van der Waals surface area contributed by atoms with Crippen LogP contribution in [0, 0.1) is 17.1 Å². The van der Waals surface area contributed by atoms with Gasteiger partial charge in [-0.3, -0.25) is 15.3 Å². The molecule has 0 amide bonds. The molecule has 1 aliphatic rings. The lowest BCUT2D eigenvalue weighted by Crippen LogP contribution is -2.37. The highest BCUT2D eigenvalue weighted by Gasteiger charge is 2.34. The molecule has 0 aliphatic heterocycles. The summed E-state index contributed by atoms with van der Waals surface area (Å²) in [5, 5.41) is 22.5. The Morgan fingerprint density at radius 3 is 2.59 bits per heavy atom. The van der Waals surface area contributed by atoms with Crippen molar-refractivity contribution >= 4 is 41.7 Å². The number of hydrogen-bond acceptors (Lipinski definition) is 7. The summed E-state index contributed by atoms with van der Waals surface area (Å²) in [7, 11) is 6.96. The third kappa shape index (κ3) is 5.10. The number of rotatable bonds is 7. The third-order valence-corrected chi connectivity index (χ3v) is 6.27. The van der Waals surface area contributed by atoms with Crippen molar-refractivity contribution in [1.82, 2.24) is 20.0 Å². The van der Waals surface area contributed by atoms with E-state index < -0.39 is 11.0 Å². The summed E-state index contributed by atoms with van der Waals surface area (Å²) in [6, 6.07) is 11.8. The van der Waals surface area contributed by atoms with Crippen molar-refractivity contribution in [3.63, 3.8) is 0 Å². The largest absolute Gasteiger partial charge is 0.378 e. The molecule has 2 radical (unpaired) electrons. The number of nitriles is 1. The van der Waals surface area contributed by atoms with Gasteiger partial charge in [0.1, 0.15) is 25.4 Å². The molecule has 1 unspecified atom stereocenters. The number of aromatic nitrogens is 4. The number of halogens is 2. The van der Waals surface area contributed by atoms with E-state index in [4.69, 9.17) is 24.3 Å². The van der Waals surface area contributed by atoms with E-state index in [9.17, 15) is 9.65 Å². The fraction of sp³-hybridized carbons (Fsp3) is 0.308. The molecule has 0 bridgehead atoms. The van der Waals surface area contributed by atoms with Crippen molar-refractivity contribution in [1.29, 1.82) is 5.26 Å². The summed E-state index contributed by atoms with van der Waals surface area (Å²) < 4.78 is 15.6. The molecule has 2 heterocycles. The van der Waals surface area contributed by atoms with Crippen LogP contribution in [0.5, 0.6) is 0 Å². The van der Waals surface area contributed by atoms with E-state index in [0.717, 1.165) is 12.8 Å². The molecule has 8 nitrogen and oxygen atoms in total. The standard InChI is InChI=1S/C26H24BClFN7O/c1-25(2,3)37-34-23-15(12-30)13-31-24-20(23)10-18(11-21(24)28)32-26(27,16-4-6-17(29)7-5-16)22-14-36(35-33-22)19-8-9-19/h4-7,10-11,13-14,19,32H,8-9H2,1-3H3,(H,31,34). The average molecular weight is 516 g/mol. The van der Waals surface area contributed by atoms with Gasteiger partial charge in [-0.15, -0.1) is 5.10 Å². The van der Waals surface area contributed by atoms with Crippen LogP contribution in [-0.4, -0.2) is 33.4 Å². The molecule has 1 aliphatic carbocycles. The second kappa shape index (κ2) is 9.32. The first-order valence-corrected chi connectivity index (χ1v) is 12.2. The van der Waals surface area contributed by atoms with E-state index in [1.54, 1.807) is 35.1 Å². The van der Waals surface area contributed by atoms with Crippen LogP contribution in [0.1, 0.15) is 56.5 Å². The van der Waals surface area contributed by atoms with Crippen LogP contribution >= 0.6 is 11.6 Å². The minimum atomic E-state index is -1.37. The van der Waals surface area contributed by atoms with Crippen LogP contribution in [-0.2, 0) is 10.3 Å². The van der Waals surface area contributed by atoms with E-state index in [-0.39, 0.29) is 11.4 Å². The highest BCUT2D eigenvalue weighted by molar-refractivity contribution is 6.36. The molecule has 1 atom stereocenters. The van der Waals surface area contributed by atoms with Crippen molar-refractivity contribution in [3.05, 3.63) is 76.5 Å². The maximum Gasteiger partial charge on any atom is 0.123 e. The Morgan fingerprint density at radius 2 is 1.95 bits per heavy atom. The summed E-state index contributed by atoms with van der Waals surface area (Å²) in [5.41, 5.74) is 3.78. The van der Waals surface area contributed by atoms with Crippen LogP contribution in [0.2, 0.25) is 5.02 Å². The normalized spacial score (nSPS) is 15.2. The highest BCUT2D eigenvalue weighted by Crippen LogP contribution is 2.38. The minimum absolute atomic E-state index is 0.287. The first-order valence-electron chi connectivity index (χ1n) is 11.8. The van der Waals surface area contributed by atoms with Crippen molar-refractivity contribution in [2.24, 2.45) is 0 Å². The van der Waals surface area contributed by atoms with Gasteiger partial charge in [-0.05, 0) is 63.4 Å². The Balaban J connectivity index is 1.62. The average Bonchev–Trinajstić information content (AvgIpc) is 3.58. The summed E-state index contributed by atoms with van der Waals surface area (Å²) >= 11 is 6.64. The summed E-state index contributed by atoms with van der Waals surface area (Å²) in [5.74, 6) is -0.383. The third-order valence-electron chi connectivity index (χ3n) is 5.98. The second-order valence-corrected chi connectivity index (χ2v) is 10.5. The van der Waals surface area contributed by atoms with Crippen LogP contribution in [0.25, 0.3) is 10.9 Å². The molecular formula is C26H24BClFN7O. The molecule has 11 heteroatoms. The van der Waals surface area contributed by atoms with Gasteiger partial charge in [0.15, 0.2) is 0 Å². The lowest BCUT2D eigenvalue weighted by molar-refractivity contribution is 0.0377. The Hall–Kier alpha value is -3.68. The number of fused-ring (bicyclic) bond motifs is 1. The number of benzene rings is 2. The quantitative estimate of drug-likeness (QED) is 0.249. The Bertz CT molecular complexity index is 1510. The lowest BCUT2D eigenvalue weighted by Gasteiger charge is -2.32. The van der Waals surface area contributed by atoms with E-state index >= 15 is 0 Å². The van der Waals surface area contributed by atoms with Gasteiger partial charge in [0, 0.05) is 17.3 Å². The van der Waals surface area contributed by atoms with Crippen molar-refractivity contribution in [2.75, 3.05) is 10.8 Å². The van der Waals surface area contributed by atoms with Gasteiger partial charge < -0.3 is 5.32 Å². The van der Waals surface area contributed by atoms with E-state index in [1.807, 2.05) is 20.8 Å². The topological polar surface area (TPSA) is 101 Å². The number of anilines is 2. The molecule has 0 saturated heterocycles. The molecule has 37 heavy (non-hydrogen) atoms. The lowest BCUT2D eigenvalue weighted by atomic mass is 9.69. The summed E-state index contributed by atoms with van der Waals surface area (Å²) in [6.45, 7) is 5.65. The molecule has 2 aromatic heterocycles. The molecule has 1 saturated carbocycles. The van der Waals surface area contributed by atoms with Gasteiger partial charge in [0.05, 0.1) is 45.1 Å². The number of hydrogen-bond donors (Lipinski definition) is 2. The SMILES string of the molecule is [B]C(Nc1cc(Cl)c2ncc(C#N)c(NOC(C)(C)C)c2c1)(c1ccc(F)cc1)c1cn(C2CC2)nn1. The zero-order chi connectivity index (χ0) is 26.4. The van der Waals surface area contributed by atoms with Crippen LogP contribution in [0.4, 0.5) is 15.8 Å². The van der Waals surface area contributed by atoms with Crippen LogP contribution in [0.3, 0.4) is 0 Å². The maximum atomic E-state index is 13.8. The number of nitrogens with zero attached hydrogens (tertiary/aromatic N) is 5. The Kier molecular flexibility index (Phi) is 6.30. The van der Waals surface area contributed by atoms with Gasteiger partial charge in [-0.1, -0.05) is 28.9 Å². The van der Waals surface area contributed by atoms with Crippen LogP contribution < -0.4 is 10.8 Å². The second-order valence-electron chi connectivity index (χ2n) is 10.1. The Morgan fingerprint density at radius 1 is 1.22 bits per heavy atom. The molecule has 0 spiro atoms. The van der Waals surface area contributed by atoms with Crippen LogP contribution in [0.15, 0.2) is 48.8 Å². The fourth-order valence-corrected chi connectivity index (χ4v) is 4.20. The minimum Gasteiger partial charge on any atom is -0.378 e. The van der Waals surface area contributed by atoms with Gasteiger partial charge in [0.25, 0.3) is 0 Å². The molecule has 2 N–H and O–H groups in total. The fourth-order valence-electron chi connectivity index (χ4n) is 3.93. The molecule has 2 aromatic carbocycles. The van der Waals surface area contributed by atoms with E-state index in [2.05, 4.69) is 32.2 Å². The molecule has 5 rings (SSSR count). The molecule has 186 valence electrons. The predicted octanol–water partition coefficient (Wildman–Crippen LogP) is 5.45. The molecule has 1 fully saturated rings. The van der Waals surface area contributed by atoms with Crippen molar-refractivity contribution in [2.45, 2.75) is 50.7 Å². The van der Waals surface area contributed by atoms with Gasteiger partial charge in [0.2, 0.25) is 0 Å². The van der Waals surface area contributed by atoms with Gasteiger partial charge in [-0.25, -0.2) is 9.07 Å². The number of nitrogens with one attached hydrogen (secondary N) is 2. The first-order chi connectivity index (χ1) is 17.6. The monoisotopic (exact) mass is 515 g/mol. The van der Waals surface area contributed by atoms with Gasteiger partial charge >= 0.3 is 0 Å².